The third-order valence-corrected chi connectivity index (χ3v) is 7.56. The molecule has 2 aromatic carbocycles. The van der Waals surface area contributed by atoms with Crippen LogP contribution in [0.2, 0.25) is 0 Å². The second-order valence-corrected chi connectivity index (χ2v) is 10.5. The normalized spacial score (nSPS) is 19.1. The molecule has 2 heterocycles. The molecule has 0 spiro atoms. The van der Waals surface area contributed by atoms with Crippen molar-refractivity contribution in [3.05, 3.63) is 65.5 Å². The molecule has 3 aromatic rings. The van der Waals surface area contributed by atoms with E-state index in [0.29, 0.717) is 23.3 Å². The minimum Gasteiger partial charge on any atom is -0.368 e. The molecule has 1 aliphatic heterocycles. The minimum absolute atomic E-state index is 0.159. The Bertz CT molecular complexity index is 1190. The van der Waals surface area contributed by atoms with Gasteiger partial charge in [0.2, 0.25) is 0 Å². The van der Waals surface area contributed by atoms with Gasteiger partial charge in [-0.25, -0.2) is 8.42 Å². The molecule has 1 saturated heterocycles. The van der Waals surface area contributed by atoms with Crippen molar-refractivity contribution >= 4 is 32.7 Å². The van der Waals surface area contributed by atoms with Crippen LogP contribution in [0.25, 0.3) is 10.4 Å². The van der Waals surface area contributed by atoms with Gasteiger partial charge < -0.3 is 10.2 Å². The first-order valence-electron chi connectivity index (χ1n) is 10.1. The van der Waals surface area contributed by atoms with Crippen molar-refractivity contribution in [3.8, 4) is 16.5 Å². The van der Waals surface area contributed by atoms with Crippen LogP contribution in [-0.2, 0) is 10.0 Å². The number of thiophene rings is 1. The van der Waals surface area contributed by atoms with Crippen LogP contribution in [-0.4, -0.2) is 33.6 Å². The van der Waals surface area contributed by atoms with Crippen molar-refractivity contribution in [2.75, 3.05) is 22.7 Å². The van der Waals surface area contributed by atoms with Crippen molar-refractivity contribution in [2.45, 2.75) is 30.8 Å². The van der Waals surface area contributed by atoms with Gasteiger partial charge in [-0.05, 0) is 61.2 Å². The van der Waals surface area contributed by atoms with E-state index in [-0.39, 0.29) is 4.90 Å². The maximum Gasteiger partial charge on any atom is 0.261 e. The first-order valence-corrected chi connectivity index (χ1v) is 12.4. The number of hydrogen-bond donors (Lipinski definition) is 2. The molecule has 0 bridgehead atoms. The lowest BCUT2D eigenvalue weighted by Gasteiger charge is -2.37. The topological polar surface area (TPSA) is 85.2 Å². The SMILES string of the molecule is CC1CN(c2ccc(C#N)c(NS(=O)(=O)c3ccc(-c4cccs4)cc3)c2)CC(C)N1. The van der Waals surface area contributed by atoms with Gasteiger partial charge in [0.25, 0.3) is 10.0 Å². The smallest absolute Gasteiger partial charge is 0.261 e. The second kappa shape index (κ2) is 8.71. The van der Waals surface area contributed by atoms with Gasteiger partial charge >= 0.3 is 0 Å². The molecule has 8 heteroatoms. The third-order valence-electron chi connectivity index (χ3n) is 5.26. The van der Waals surface area contributed by atoms with E-state index in [1.807, 2.05) is 23.6 Å². The van der Waals surface area contributed by atoms with Gasteiger partial charge in [-0.1, -0.05) is 18.2 Å². The highest BCUT2D eigenvalue weighted by molar-refractivity contribution is 7.92. The molecule has 31 heavy (non-hydrogen) atoms. The summed E-state index contributed by atoms with van der Waals surface area (Å²) in [6, 6.07) is 18.8. The van der Waals surface area contributed by atoms with Gasteiger partial charge in [0.05, 0.1) is 16.1 Å². The summed E-state index contributed by atoms with van der Waals surface area (Å²) in [5.74, 6) is 0. The summed E-state index contributed by atoms with van der Waals surface area (Å²) in [6.45, 7) is 5.87. The maximum atomic E-state index is 13.0. The number of nitrogens with zero attached hydrogens (tertiary/aromatic N) is 2. The van der Waals surface area contributed by atoms with Crippen molar-refractivity contribution < 1.29 is 8.42 Å². The molecule has 2 unspecified atom stereocenters. The number of piperazine rings is 1. The van der Waals surface area contributed by atoms with Crippen LogP contribution in [0.4, 0.5) is 11.4 Å². The van der Waals surface area contributed by atoms with Crippen molar-refractivity contribution in [3.63, 3.8) is 0 Å². The number of nitriles is 1. The van der Waals surface area contributed by atoms with Crippen LogP contribution in [0.1, 0.15) is 19.4 Å². The standard InChI is InChI=1S/C23H24N4O2S2/c1-16-14-27(15-17(2)25-16)20-8-5-19(13-24)22(12-20)26-31(28,29)21-9-6-18(7-10-21)23-4-3-11-30-23/h3-12,16-17,25-26H,14-15H2,1-2H3. The summed E-state index contributed by atoms with van der Waals surface area (Å²) in [5.41, 5.74) is 2.44. The number of benzene rings is 2. The zero-order valence-electron chi connectivity index (χ0n) is 17.4. The predicted molar refractivity (Wildman–Crippen MR) is 126 cm³/mol. The zero-order valence-corrected chi connectivity index (χ0v) is 19.0. The van der Waals surface area contributed by atoms with Gasteiger partial charge in [-0.15, -0.1) is 11.3 Å². The summed E-state index contributed by atoms with van der Waals surface area (Å²) >= 11 is 1.60. The lowest BCUT2D eigenvalue weighted by atomic mass is 10.1. The molecule has 1 aromatic heterocycles. The molecule has 2 atom stereocenters. The van der Waals surface area contributed by atoms with Crippen LogP contribution < -0.4 is 14.9 Å². The fraction of sp³-hybridized carbons (Fsp3) is 0.261. The maximum absolute atomic E-state index is 13.0. The van der Waals surface area contributed by atoms with Gasteiger partial charge in [0.15, 0.2) is 0 Å². The average molecular weight is 453 g/mol. The summed E-state index contributed by atoms with van der Waals surface area (Å²) in [5, 5.41) is 15.0. The molecule has 160 valence electrons. The second-order valence-electron chi connectivity index (χ2n) is 7.82. The monoisotopic (exact) mass is 452 g/mol. The highest BCUT2D eigenvalue weighted by atomic mass is 32.2. The lowest BCUT2D eigenvalue weighted by molar-refractivity contribution is 0.407. The van der Waals surface area contributed by atoms with E-state index in [4.69, 9.17) is 0 Å². The van der Waals surface area contributed by atoms with E-state index < -0.39 is 10.0 Å². The molecule has 1 aliphatic rings. The first-order chi connectivity index (χ1) is 14.9. The van der Waals surface area contributed by atoms with Gasteiger partial charge in [-0.2, -0.15) is 5.26 Å². The van der Waals surface area contributed by atoms with E-state index in [2.05, 4.69) is 34.9 Å². The largest absolute Gasteiger partial charge is 0.368 e. The Morgan fingerprint density at radius 3 is 2.42 bits per heavy atom. The summed E-state index contributed by atoms with van der Waals surface area (Å²) in [7, 11) is -3.83. The van der Waals surface area contributed by atoms with Gasteiger partial charge in [-0.3, -0.25) is 4.72 Å². The number of sulfonamides is 1. The highest BCUT2D eigenvalue weighted by Gasteiger charge is 2.23. The van der Waals surface area contributed by atoms with Gasteiger partial charge in [0, 0.05) is 35.7 Å². The molecular weight excluding hydrogens is 428 g/mol. The number of anilines is 2. The van der Waals surface area contributed by atoms with Crippen molar-refractivity contribution in [2.24, 2.45) is 0 Å². The lowest BCUT2D eigenvalue weighted by Crippen LogP contribution is -2.54. The highest BCUT2D eigenvalue weighted by Crippen LogP contribution is 2.29. The Hall–Kier alpha value is -2.86. The van der Waals surface area contributed by atoms with E-state index in [1.165, 1.54) is 0 Å². The minimum atomic E-state index is -3.83. The first kappa shape index (κ1) is 21.4. The van der Waals surface area contributed by atoms with Crippen LogP contribution in [0, 0.1) is 11.3 Å². The van der Waals surface area contributed by atoms with Crippen LogP contribution >= 0.6 is 11.3 Å². The molecular formula is C23H24N4O2S2. The summed E-state index contributed by atoms with van der Waals surface area (Å²) in [6.07, 6.45) is 0. The molecule has 0 saturated carbocycles. The average Bonchev–Trinajstić information content (AvgIpc) is 3.28. The van der Waals surface area contributed by atoms with E-state index >= 15 is 0 Å². The van der Waals surface area contributed by atoms with E-state index in [1.54, 1.807) is 47.7 Å². The predicted octanol–water partition coefficient (Wildman–Crippen LogP) is 4.27. The van der Waals surface area contributed by atoms with Crippen molar-refractivity contribution in [1.82, 2.24) is 5.32 Å². The molecule has 2 N–H and O–H groups in total. The Morgan fingerprint density at radius 2 is 1.81 bits per heavy atom. The molecule has 4 rings (SSSR count). The van der Waals surface area contributed by atoms with E-state index in [0.717, 1.165) is 29.2 Å². The van der Waals surface area contributed by atoms with Crippen LogP contribution in [0.3, 0.4) is 0 Å². The number of nitrogens with one attached hydrogen (secondary N) is 2. The Kier molecular flexibility index (Phi) is 6.01. The number of hydrogen-bond acceptors (Lipinski definition) is 6. The fourth-order valence-electron chi connectivity index (χ4n) is 3.89. The van der Waals surface area contributed by atoms with Crippen molar-refractivity contribution in [1.29, 1.82) is 5.26 Å². The Labute approximate surface area is 187 Å². The van der Waals surface area contributed by atoms with Crippen LogP contribution in [0.15, 0.2) is 64.9 Å². The van der Waals surface area contributed by atoms with Crippen LogP contribution in [0.5, 0.6) is 0 Å². The van der Waals surface area contributed by atoms with Gasteiger partial charge in [0.1, 0.15) is 6.07 Å². The Morgan fingerprint density at radius 1 is 1.10 bits per heavy atom. The molecule has 0 aliphatic carbocycles. The fourth-order valence-corrected chi connectivity index (χ4v) is 5.70. The quantitative estimate of drug-likeness (QED) is 0.604. The summed E-state index contributed by atoms with van der Waals surface area (Å²) in [4.78, 5) is 3.45. The summed E-state index contributed by atoms with van der Waals surface area (Å²) < 4.78 is 28.7. The zero-order chi connectivity index (χ0) is 22.0. The van der Waals surface area contributed by atoms with E-state index in [9.17, 15) is 13.7 Å². The molecule has 1 fully saturated rings. The Balaban J connectivity index is 1.60. The molecule has 6 nitrogen and oxygen atoms in total. The molecule has 0 amide bonds. The molecule has 0 radical (unpaired) electrons. The number of rotatable bonds is 5. The third kappa shape index (κ3) is 4.74.